The van der Waals surface area contributed by atoms with E-state index in [1.807, 2.05) is 12.1 Å². The van der Waals surface area contributed by atoms with Crippen molar-refractivity contribution < 1.29 is 23.8 Å². The fourth-order valence-corrected chi connectivity index (χ4v) is 3.06. The van der Waals surface area contributed by atoms with Crippen molar-refractivity contribution in [3.8, 4) is 11.5 Å². The van der Waals surface area contributed by atoms with Gasteiger partial charge in [0.05, 0.1) is 26.2 Å². The number of esters is 1. The highest BCUT2D eigenvalue weighted by molar-refractivity contribution is 6.04. The first-order valence-corrected chi connectivity index (χ1v) is 8.85. The van der Waals surface area contributed by atoms with Crippen molar-refractivity contribution in [2.45, 2.75) is 25.2 Å². The van der Waals surface area contributed by atoms with Gasteiger partial charge in [0, 0.05) is 11.3 Å². The average Bonchev–Trinajstić information content (AvgIpc) is 3.50. The van der Waals surface area contributed by atoms with Crippen LogP contribution in [-0.2, 0) is 14.9 Å². The summed E-state index contributed by atoms with van der Waals surface area (Å²) in [6.45, 7) is 2.18. The Hall–Kier alpha value is -3.02. The van der Waals surface area contributed by atoms with Crippen molar-refractivity contribution in [2.24, 2.45) is 0 Å². The molecule has 6 heteroatoms. The Bertz CT molecular complexity index is 840. The molecule has 1 aliphatic carbocycles. The Morgan fingerprint density at radius 3 is 2.22 bits per heavy atom. The molecule has 3 rings (SSSR count). The van der Waals surface area contributed by atoms with Crippen LogP contribution in [0, 0.1) is 0 Å². The van der Waals surface area contributed by atoms with Crippen molar-refractivity contribution in [1.29, 1.82) is 0 Å². The van der Waals surface area contributed by atoms with E-state index in [-0.39, 0.29) is 11.9 Å². The molecule has 0 aromatic heterocycles. The van der Waals surface area contributed by atoms with E-state index in [1.165, 1.54) is 7.11 Å². The largest absolute Gasteiger partial charge is 0.493 e. The Morgan fingerprint density at radius 1 is 1.00 bits per heavy atom. The molecule has 0 atom stereocenters. The van der Waals surface area contributed by atoms with Crippen LogP contribution in [0.2, 0.25) is 0 Å². The van der Waals surface area contributed by atoms with E-state index in [0.717, 1.165) is 18.4 Å². The lowest BCUT2D eigenvalue weighted by molar-refractivity contribution is -0.146. The summed E-state index contributed by atoms with van der Waals surface area (Å²) in [4.78, 5) is 24.7. The lowest BCUT2D eigenvalue weighted by Gasteiger charge is -2.15. The molecule has 2 aromatic rings. The topological polar surface area (TPSA) is 73.9 Å². The van der Waals surface area contributed by atoms with Crippen LogP contribution in [0.5, 0.6) is 11.5 Å². The molecule has 1 N–H and O–H groups in total. The molecule has 0 bridgehead atoms. The second-order valence-electron chi connectivity index (χ2n) is 6.40. The Morgan fingerprint density at radius 2 is 1.67 bits per heavy atom. The highest BCUT2D eigenvalue weighted by Gasteiger charge is 2.52. The molecule has 1 saturated carbocycles. The number of methoxy groups -OCH3 is 2. The summed E-state index contributed by atoms with van der Waals surface area (Å²) in [6.07, 6.45) is 1.59. The minimum Gasteiger partial charge on any atom is -0.493 e. The van der Waals surface area contributed by atoms with Gasteiger partial charge < -0.3 is 19.5 Å². The third kappa shape index (κ3) is 3.74. The predicted octanol–water partition coefficient (Wildman–Crippen LogP) is 3.55. The second kappa shape index (κ2) is 7.70. The monoisotopic (exact) mass is 369 g/mol. The first-order chi connectivity index (χ1) is 13.0. The molecule has 27 heavy (non-hydrogen) atoms. The zero-order valence-electron chi connectivity index (χ0n) is 15.7. The molecule has 0 unspecified atom stereocenters. The number of rotatable bonds is 7. The van der Waals surface area contributed by atoms with Gasteiger partial charge in [-0.3, -0.25) is 9.59 Å². The maximum atomic E-state index is 12.5. The maximum Gasteiger partial charge on any atom is 0.316 e. The van der Waals surface area contributed by atoms with Crippen LogP contribution in [0.4, 0.5) is 5.69 Å². The van der Waals surface area contributed by atoms with E-state index < -0.39 is 5.41 Å². The third-order valence-corrected chi connectivity index (χ3v) is 4.76. The molecule has 0 radical (unpaired) electrons. The third-order valence-electron chi connectivity index (χ3n) is 4.76. The molecule has 1 fully saturated rings. The number of carbonyl (C=O) groups excluding carboxylic acids is 2. The molecule has 2 aromatic carbocycles. The van der Waals surface area contributed by atoms with Crippen LogP contribution in [0.1, 0.15) is 35.7 Å². The lowest BCUT2D eigenvalue weighted by atomic mass is 9.96. The van der Waals surface area contributed by atoms with Gasteiger partial charge in [0.25, 0.3) is 5.91 Å². The van der Waals surface area contributed by atoms with Gasteiger partial charge >= 0.3 is 5.97 Å². The quantitative estimate of drug-likeness (QED) is 0.756. The molecule has 1 aliphatic rings. The van der Waals surface area contributed by atoms with Crippen molar-refractivity contribution in [1.82, 2.24) is 0 Å². The van der Waals surface area contributed by atoms with Gasteiger partial charge in [-0.05, 0) is 55.7 Å². The fraction of sp³-hybridized carbons (Fsp3) is 0.333. The van der Waals surface area contributed by atoms with Gasteiger partial charge in [0.15, 0.2) is 11.5 Å². The summed E-state index contributed by atoms with van der Waals surface area (Å²) < 4.78 is 15.6. The van der Waals surface area contributed by atoms with Gasteiger partial charge in [-0.1, -0.05) is 12.1 Å². The molecule has 0 spiro atoms. The van der Waals surface area contributed by atoms with Crippen LogP contribution in [0.15, 0.2) is 42.5 Å². The average molecular weight is 369 g/mol. The van der Waals surface area contributed by atoms with E-state index in [0.29, 0.717) is 29.4 Å². The fourth-order valence-electron chi connectivity index (χ4n) is 3.06. The predicted molar refractivity (Wildman–Crippen MR) is 101 cm³/mol. The summed E-state index contributed by atoms with van der Waals surface area (Å²) in [7, 11) is 3.07. The molecular weight excluding hydrogens is 346 g/mol. The minimum atomic E-state index is -0.512. The van der Waals surface area contributed by atoms with Crippen molar-refractivity contribution >= 4 is 17.6 Å². The normalized spacial score (nSPS) is 14.2. The van der Waals surface area contributed by atoms with Gasteiger partial charge in [-0.25, -0.2) is 0 Å². The summed E-state index contributed by atoms with van der Waals surface area (Å²) in [5.74, 6) is 0.625. The zero-order valence-corrected chi connectivity index (χ0v) is 15.7. The van der Waals surface area contributed by atoms with E-state index in [1.54, 1.807) is 44.4 Å². The molecule has 6 nitrogen and oxygen atoms in total. The first kappa shape index (κ1) is 18.8. The number of amides is 1. The first-order valence-electron chi connectivity index (χ1n) is 8.85. The summed E-state index contributed by atoms with van der Waals surface area (Å²) in [5, 5.41) is 2.85. The van der Waals surface area contributed by atoms with E-state index >= 15 is 0 Å². The van der Waals surface area contributed by atoms with Gasteiger partial charge in [0.1, 0.15) is 0 Å². The maximum absolute atomic E-state index is 12.5. The summed E-state index contributed by atoms with van der Waals surface area (Å²) in [6, 6.07) is 12.3. The van der Waals surface area contributed by atoms with E-state index in [4.69, 9.17) is 14.2 Å². The smallest absolute Gasteiger partial charge is 0.316 e. The number of hydrogen-bond donors (Lipinski definition) is 1. The van der Waals surface area contributed by atoms with Crippen LogP contribution in [0.3, 0.4) is 0 Å². The Balaban J connectivity index is 1.72. The van der Waals surface area contributed by atoms with Crippen LogP contribution in [-0.4, -0.2) is 32.7 Å². The molecule has 142 valence electrons. The lowest BCUT2D eigenvalue weighted by Crippen LogP contribution is -2.23. The second-order valence-corrected chi connectivity index (χ2v) is 6.40. The molecule has 1 amide bonds. The molecule has 0 heterocycles. The standard InChI is InChI=1S/C21H23NO5/c1-4-27-20(24)21(11-12-21)15-6-8-16(9-7-15)22-19(23)14-5-10-17(25-2)18(13-14)26-3/h5-10,13H,4,11-12H2,1-3H3,(H,22,23). The Kier molecular flexibility index (Phi) is 5.35. The van der Waals surface area contributed by atoms with Crippen molar-refractivity contribution in [3.63, 3.8) is 0 Å². The number of benzene rings is 2. The number of anilines is 1. The number of hydrogen-bond acceptors (Lipinski definition) is 5. The number of carbonyl (C=O) groups is 2. The van der Waals surface area contributed by atoms with E-state index in [9.17, 15) is 9.59 Å². The molecular formula is C21H23NO5. The van der Waals surface area contributed by atoms with Crippen molar-refractivity contribution in [2.75, 3.05) is 26.1 Å². The zero-order chi connectivity index (χ0) is 19.4. The van der Waals surface area contributed by atoms with Crippen molar-refractivity contribution in [3.05, 3.63) is 53.6 Å². The SMILES string of the molecule is CCOC(=O)C1(c2ccc(NC(=O)c3ccc(OC)c(OC)c3)cc2)CC1. The van der Waals surface area contributed by atoms with Gasteiger partial charge in [0.2, 0.25) is 0 Å². The van der Waals surface area contributed by atoms with Crippen LogP contribution in [0.25, 0.3) is 0 Å². The van der Waals surface area contributed by atoms with Gasteiger partial charge in [-0.2, -0.15) is 0 Å². The highest BCUT2D eigenvalue weighted by atomic mass is 16.5. The molecule has 0 saturated heterocycles. The van der Waals surface area contributed by atoms with Gasteiger partial charge in [-0.15, -0.1) is 0 Å². The van der Waals surface area contributed by atoms with Crippen LogP contribution < -0.4 is 14.8 Å². The summed E-state index contributed by atoms with van der Waals surface area (Å²) in [5.41, 5.74) is 1.52. The Labute approximate surface area is 158 Å². The number of ether oxygens (including phenoxy) is 3. The summed E-state index contributed by atoms with van der Waals surface area (Å²) >= 11 is 0. The van der Waals surface area contributed by atoms with E-state index in [2.05, 4.69) is 5.32 Å². The molecule has 0 aliphatic heterocycles. The highest BCUT2D eigenvalue weighted by Crippen LogP contribution is 2.49. The number of nitrogens with one attached hydrogen (secondary N) is 1. The van der Waals surface area contributed by atoms with Crippen LogP contribution >= 0.6 is 0 Å². The minimum absolute atomic E-state index is 0.174.